The predicted molar refractivity (Wildman–Crippen MR) is 93.5 cm³/mol. The van der Waals surface area contributed by atoms with Crippen LogP contribution in [0.5, 0.6) is 0 Å². The van der Waals surface area contributed by atoms with Crippen molar-refractivity contribution in [2.45, 2.75) is 38.9 Å². The predicted octanol–water partition coefficient (Wildman–Crippen LogP) is 2.93. The molecule has 0 aromatic carbocycles. The third-order valence-electron chi connectivity index (χ3n) is 4.75. The molecule has 1 fully saturated rings. The minimum absolute atomic E-state index is 0.0959. The number of morpholine rings is 1. The minimum Gasteiger partial charge on any atom is -0.377 e. The van der Waals surface area contributed by atoms with Crippen LogP contribution in [0.15, 0.2) is 6.33 Å². The van der Waals surface area contributed by atoms with Gasteiger partial charge in [0.2, 0.25) is 0 Å². The number of hydrogen-bond donors (Lipinski definition) is 0. The lowest BCUT2D eigenvalue weighted by Crippen LogP contribution is -2.57. The van der Waals surface area contributed by atoms with E-state index in [1.165, 1.54) is 16.8 Å². The van der Waals surface area contributed by atoms with E-state index in [1.54, 1.807) is 11.3 Å². The molecule has 2 amide bonds. The van der Waals surface area contributed by atoms with E-state index in [2.05, 4.69) is 9.97 Å². The van der Waals surface area contributed by atoms with Crippen molar-refractivity contribution < 1.29 is 9.53 Å². The van der Waals surface area contributed by atoms with Gasteiger partial charge in [-0.25, -0.2) is 14.8 Å². The maximum absolute atomic E-state index is 13.0. The second-order valence-electron chi connectivity index (χ2n) is 6.45. The molecule has 2 aromatic rings. The monoisotopic (exact) mass is 366 g/mol. The summed E-state index contributed by atoms with van der Waals surface area (Å²) in [5, 5.41) is 1.46. The van der Waals surface area contributed by atoms with Crippen LogP contribution >= 0.6 is 22.9 Å². The van der Waals surface area contributed by atoms with Crippen molar-refractivity contribution in [3.8, 4) is 0 Å². The summed E-state index contributed by atoms with van der Waals surface area (Å²) in [6.07, 6.45) is 2.29. The molecule has 24 heavy (non-hydrogen) atoms. The zero-order valence-electron chi connectivity index (χ0n) is 13.7. The van der Waals surface area contributed by atoms with Gasteiger partial charge in [0.25, 0.3) is 0 Å². The minimum atomic E-state index is 0.0959. The van der Waals surface area contributed by atoms with Crippen molar-refractivity contribution in [2.24, 2.45) is 0 Å². The molecular formula is C16H19ClN4O2S. The number of urea groups is 1. The highest BCUT2D eigenvalue weighted by Crippen LogP contribution is 2.37. The first-order chi connectivity index (χ1) is 11.6. The molecule has 0 saturated carbocycles. The van der Waals surface area contributed by atoms with Gasteiger partial charge in [-0.3, -0.25) is 0 Å². The maximum Gasteiger partial charge on any atom is 0.320 e. The van der Waals surface area contributed by atoms with Crippen LogP contribution in [0.3, 0.4) is 0 Å². The van der Waals surface area contributed by atoms with Crippen LogP contribution < -0.4 is 0 Å². The fraction of sp³-hybridized carbons (Fsp3) is 0.562. The first-order valence-electron chi connectivity index (χ1n) is 8.12. The quantitative estimate of drug-likeness (QED) is 0.673. The van der Waals surface area contributed by atoms with Crippen LogP contribution in [-0.2, 0) is 17.7 Å². The first kappa shape index (κ1) is 16.1. The Hall–Kier alpha value is -1.44. The summed E-state index contributed by atoms with van der Waals surface area (Å²) in [6.45, 7) is 6.59. The number of carbonyl (C=O) groups excluding carboxylic acids is 1. The Balaban J connectivity index is 1.61. The number of thiophene rings is 1. The van der Waals surface area contributed by atoms with Gasteiger partial charge in [-0.2, -0.15) is 0 Å². The number of hydrogen-bond acceptors (Lipinski definition) is 5. The number of nitrogens with zero attached hydrogens (tertiary/aromatic N) is 4. The molecule has 4 rings (SSSR count). The lowest BCUT2D eigenvalue weighted by atomic mass is 10.1. The van der Waals surface area contributed by atoms with Crippen LogP contribution in [0.25, 0.3) is 10.2 Å². The lowest BCUT2D eigenvalue weighted by Gasteiger charge is -2.42. The van der Waals surface area contributed by atoms with E-state index in [0.29, 0.717) is 31.5 Å². The summed E-state index contributed by atoms with van der Waals surface area (Å²) in [5.74, 6) is 0. The Morgan fingerprint density at radius 1 is 1.33 bits per heavy atom. The molecular weight excluding hydrogens is 348 g/mol. The third-order valence-corrected chi connectivity index (χ3v) is 6.16. The van der Waals surface area contributed by atoms with Gasteiger partial charge in [-0.05, 0) is 25.8 Å². The molecule has 4 heterocycles. The van der Waals surface area contributed by atoms with E-state index in [0.717, 1.165) is 16.6 Å². The van der Waals surface area contributed by atoms with Crippen molar-refractivity contribution in [3.63, 3.8) is 0 Å². The van der Waals surface area contributed by atoms with E-state index in [9.17, 15) is 4.79 Å². The molecule has 0 aliphatic carbocycles. The number of amides is 2. The molecule has 2 aliphatic heterocycles. The molecule has 0 unspecified atom stereocenters. The van der Waals surface area contributed by atoms with Crippen LogP contribution in [0.1, 0.15) is 24.3 Å². The topological polar surface area (TPSA) is 58.6 Å². The smallest absolute Gasteiger partial charge is 0.320 e. The molecule has 0 spiro atoms. The molecule has 2 aromatic heterocycles. The number of fused-ring (bicyclic) bond motifs is 3. The van der Waals surface area contributed by atoms with Crippen molar-refractivity contribution in [2.75, 3.05) is 19.8 Å². The highest BCUT2D eigenvalue weighted by Gasteiger charge is 2.34. The van der Waals surface area contributed by atoms with Gasteiger partial charge in [0.1, 0.15) is 16.3 Å². The van der Waals surface area contributed by atoms with Crippen molar-refractivity contribution in [1.29, 1.82) is 0 Å². The molecule has 6 nitrogen and oxygen atoms in total. The number of carbonyl (C=O) groups is 1. The zero-order chi connectivity index (χ0) is 16.8. The summed E-state index contributed by atoms with van der Waals surface area (Å²) in [5.41, 5.74) is 1.20. The Kier molecular flexibility index (Phi) is 4.10. The van der Waals surface area contributed by atoms with E-state index in [1.807, 2.05) is 23.6 Å². The molecule has 2 aliphatic rings. The Bertz CT molecular complexity index is 786. The number of aromatic nitrogens is 2. The third kappa shape index (κ3) is 2.55. The molecule has 8 heteroatoms. The molecule has 0 radical (unpaired) electrons. The zero-order valence-corrected chi connectivity index (χ0v) is 15.2. The van der Waals surface area contributed by atoms with E-state index in [-0.39, 0.29) is 18.1 Å². The average molecular weight is 367 g/mol. The lowest BCUT2D eigenvalue weighted by molar-refractivity contribution is -0.0226. The van der Waals surface area contributed by atoms with Crippen molar-refractivity contribution >= 4 is 39.2 Å². The Labute approximate surface area is 149 Å². The van der Waals surface area contributed by atoms with Gasteiger partial charge in [-0.1, -0.05) is 11.6 Å². The average Bonchev–Trinajstić information content (AvgIpc) is 2.93. The second kappa shape index (κ2) is 6.13. The molecule has 0 bridgehead atoms. The van der Waals surface area contributed by atoms with Gasteiger partial charge < -0.3 is 14.5 Å². The fourth-order valence-electron chi connectivity index (χ4n) is 3.60. The van der Waals surface area contributed by atoms with Crippen LogP contribution in [0, 0.1) is 0 Å². The first-order valence-corrected chi connectivity index (χ1v) is 9.31. The SMILES string of the molecule is C[C@@H]1COC[C@@H](C)N1C(=O)N1CCc2c(sc3ncnc(Cl)c23)C1. The van der Waals surface area contributed by atoms with E-state index >= 15 is 0 Å². The normalized spacial score (nSPS) is 24.3. The van der Waals surface area contributed by atoms with Crippen LogP contribution in [0.2, 0.25) is 5.15 Å². The Morgan fingerprint density at radius 3 is 2.83 bits per heavy atom. The number of rotatable bonds is 0. The Morgan fingerprint density at radius 2 is 2.08 bits per heavy atom. The number of ether oxygens (including phenoxy) is 1. The fourth-order valence-corrected chi connectivity index (χ4v) is 5.10. The standard InChI is InChI=1S/C16H19ClN4O2S/c1-9-6-23-7-10(2)21(9)16(22)20-4-3-11-12(5-20)24-15-13(11)14(17)18-8-19-15/h8-10H,3-7H2,1-2H3/t9-,10-/m1/s1. The summed E-state index contributed by atoms with van der Waals surface area (Å²) >= 11 is 7.86. The summed E-state index contributed by atoms with van der Waals surface area (Å²) in [6, 6.07) is 0.300. The van der Waals surface area contributed by atoms with Gasteiger partial charge >= 0.3 is 6.03 Å². The summed E-state index contributed by atoms with van der Waals surface area (Å²) in [4.78, 5) is 27.4. The maximum atomic E-state index is 13.0. The molecule has 0 N–H and O–H groups in total. The highest BCUT2D eigenvalue weighted by molar-refractivity contribution is 7.19. The van der Waals surface area contributed by atoms with Crippen molar-refractivity contribution in [1.82, 2.24) is 19.8 Å². The van der Waals surface area contributed by atoms with Crippen LogP contribution in [0.4, 0.5) is 4.79 Å². The van der Waals surface area contributed by atoms with Crippen LogP contribution in [-0.4, -0.2) is 57.6 Å². The largest absolute Gasteiger partial charge is 0.377 e. The highest BCUT2D eigenvalue weighted by atomic mass is 35.5. The van der Waals surface area contributed by atoms with Crippen molar-refractivity contribution in [3.05, 3.63) is 21.9 Å². The van der Waals surface area contributed by atoms with Gasteiger partial charge in [0.05, 0.1) is 37.2 Å². The summed E-state index contributed by atoms with van der Waals surface area (Å²) in [7, 11) is 0. The van der Waals surface area contributed by atoms with Gasteiger partial charge in [0.15, 0.2) is 0 Å². The van der Waals surface area contributed by atoms with E-state index in [4.69, 9.17) is 16.3 Å². The molecule has 128 valence electrons. The van der Waals surface area contributed by atoms with Gasteiger partial charge in [0, 0.05) is 11.4 Å². The molecule has 1 saturated heterocycles. The molecule has 2 atom stereocenters. The van der Waals surface area contributed by atoms with E-state index < -0.39 is 0 Å². The number of halogens is 1. The van der Waals surface area contributed by atoms with Gasteiger partial charge in [-0.15, -0.1) is 11.3 Å². The summed E-state index contributed by atoms with van der Waals surface area (Å²) < 4.78 is 5.53. The second-order valence-corrected chi connectivity index (χ2v) is 7.89.